The second kappa shape index (κ2) is 7.78. The van der Waals surface area contributed by atoms with Crippen molar-refractivity contribution >= 4 is 16.5 Å². The van der Waals surface area contributed by atoms with E-state index in [1.807, 2.05) is 30.3 Å². The first kappa shape index (κ1) is 17.6. The number of hydrogen-bond donors (Lipinski definition) is 0. The highest BCUT2D eigenvalue weighted by molar-refractivity contribution is 6.14. The van der Waals surface area contributed by atoms with Gasteiger partial charge in [-0.1, -0.05) is 41.6 Å². The fraction of sp³-hybridized carbons (Fsp3) is 0.190. The van der Waals surface area contributed by atoms with Crippen LogP contribution in [-0.2, 0) is 4.84 Å². The van der Waals surface area contributed by atoms with E-state index >= 15 is 0 Å². The van der Waals surface area contributed by atoms with Crippen LogP contribution in [0.1, 0.15) is 11.1 Å². The molecule has 26 heavy (non-hydrogen) atoms. The molecular formula is C21H21NO4. The monoisotopic (exact) mass is 351 g/mol. The topological polar surface area (TPSA) is 49.3 Å². The minimum absolute atomic E-state index is 0.536. The summed E-state index contributed by atoms with van der Waals surface area (Å²) in [5, 5.41) is 6.53. The van der Waals surface area contributed by atoms with Gasteiger partial charge < -0.3 is 19.0 Å². The first-order valence-corrected chi connectivity index (χ1v) is 8.12. The zero-order valence-corrected chi connectivity index (χ0v) is 15.3. The third-order valence-corrected chi connectivity index (χ3v) is 4.14. The molecule has 0 N–H and O–H groups in total. The maximum atomic E-state index is 5.45. The number of oxime groups is 1. The second-order valence-corrected chi connectivity index (χ2v) is 5.60. The van der Waals surface area contributed by atoms with Crippen LogP contribution in [0.2, 0.25) is 0 Å². The molecule has 3 aromatic rings. The summed E-state index contributed by atoms with van der Waals surface area (Å²) in [5.74, 6) is 1.66. The maximum absolute atomic E-state index is 5.45. The molecule has 0 aliphatic carbocycles. The van der Waals surface area contributed by atoms with Gasteiger partial charge in [-0.3, -0.25) is 0 Å². The highest BCUT2D eigenvalue weighted by Crippen LogP contribution is 2.39. The number of methoxy groups -OCH3 is 3. The van der Waals surface area contributed by atoms with Crippen molar-refractivity contribution in [1.82, 2.24) is 0 Å². The zero-order valence-electron chi connectivity index (χ0n) is 15.3. The van der Waals surface area contributed by atoms with Crippen molar-refractivity contribution in [2.75, 3.05) is 28.4 Å². The normalized spacial score (nSPS) is 11.3. The van der Waals surface area contributed by atoms with Crippen molar-refractivity contribution in [3.63, 3.8) is 0 Å². The number of nitrogens with zero attached hydrogens (tertiary/aromatic N) is 1. The summed E-state index contributed by atoms with van der Waals surface area (Å²) in [6.45, 7) is 0. The smallest absolute Gasteiger partial charge is 0.203 e. The predicted octanol–water partition coefficient (Wildman–Crippen LogP) is 4.26. The van der Waals surface area contributed by atoms with Gasteiger partial charge in [-0.15, -0.1) is 0 Å². The van der Waals surface area contributed by atoms with E-state index in [4.69, 9.17) is 19.0 Å². The van der Waals surface area contributed by atoms with Crippen LogP contribution in [0, 0.1) is 0 Å². The van der Waals surface area contributed by atoms with Gasteiger partial charge in [-0.25, -0.2) is 0 Å². The summed E-state index contributed by atoms with van der Waals surface area (Å²) >= 11 is 0. The van der Waals surface area contributed by atoms with E-state index in [-0.39, 0.29) is 0 Å². The Labute approximate surface area is 152 Å². The Hall–Kier alpha value is -3.21. The van der Waals surface area contributed by atoms with E-state index < -0.39 is 0 Å². The van der Waals surface area contributed by atoms with E-state index in [9.17, 15) is 0 Å². The molecule has 5 heteroatoms. The molecule has 0 bridgehead atoms. The van der Waals surface area contributed by atoms with Crippen LogP contribution < -0.4 is 14.2 Å². The molecule has 3 aromatic carbocycles. The minimum Gasteiger partial charge on any atom is -0.493 e. The fourth-order valence-electron chi connectivity index (χ4n) is 2.92. The van der Waals surface area contributed by atoms with E-state index in [0.29, 0.717) is 23.0 Å². The van der Waals surface area contributed by atoms with Crippen molar-refractivity contribution in [2.24, 2.45) is 5.16 Å². The molecule has 0 amide bonds. The van der Waals surface area contributed by atoms with E-state index in [1.165, 1.54) is 7.11 Å². The molecular weight excluding hydrogens is 330 g/mol. The summed E-state index contributed by atoms with van der Waals surface area (Å²) < 4.78 is 16.3. The number of benzene rings is 3. The molecule has 0 unspecified atom stereocenters. The standard InChI is InChI=1S/C21H21NO4/c1-23-18-12-17(13-19(24-2)21(18)25-3)20(22-26-4)16-10-9-14-7-5-6-8-15(14)11-16/h5-13H,1-4H3/b22-20+. The van der Waals surface area contributed by atoms with Gasteiger partial charge in [0.2, 0.25) is 5.75 Å². The van der Waals surface area contributed by atoms with Crippen LogP contribution in [0.5, 0.6) is 17.2 Å². The van der Waals surface area contributed by atoms with E-state index in [2.05, 4.69) is 29.4 Å². The highest BCUT2D eigenvalue weighted by atomic mass is 16.6. The maximum Gasteiger partial charge on any atom is 0.203 e. The second-order valence-electron chi connectivity index (χ2n) is 5.60. The molecule has 134 valence electrons. The molecule has 0 radical (unpaired) electrons. The minimum atomic E-state index is 0.536. The Morgan fingerprint density at radius 3 is 1.92 bits per heavy atom. The molecule has 5 nitrogen and oxygen atoms in total. The van der Waals surface area contributed by atoms with Crippen LogP contribution in [-0.4, -0.2) is 34.2 Å². The molecule has 0 fully saturated rings. The third-order valence-electron chi connectivity index (χ3n) is 4.14. The van der Waals surface area contributed by atoms with Crippen LogP contribution in [0.15, 0.2) is 59.8 Å². The number of ether oxygens (including phenoxy) is 3. The van der Waals surface area contributed by atoms with E-state index in [1.54, 1.807) is 21.3 Å². The average Bonchev–Trinajstić information content (AvgIpc) is 2.70. The van der Waals surface area contributed by atoms with Gasteiger partial charge in [0.05, 0.1) is 21.3 Å². The lowest BCUT2D eigenvalue weighted by molar-refractivity contribution is 0.214. The fourth-order valence-corrected chi connectivity index (χ4v) is 2.92. The van der Waals surface area contributed by atoms with Crippen LogP contribution in [0.3, 0.4) is 0 Å². The molecule has 0 aliphatic heterocycles. The summed E-state index contributed by atoms with van der Waals surface area (Å²) in [4.78, 5) is 5.10. The van der Waals surface area contributed by atoms with Gasteiger partial charge >= 0.3 is 0 Å². The predicted molar refractivity (Wildman–Crippen MR) is 103 cm³/mol. The van der Waals surface area contributed by atoms with Gasteiger partial charge in [0.1, 0.15) is 12.8 Å². The third kappa shape index (κ3) is 3.28. The summed E-state index contributed by atoms with van der Waals surface area (Å²) in [6, 6.07) is 18.0. The lowest BCUT2D eigenvalue weighted by Gasteiger charge is -2.15. The largest absolute Gasteiger partial charge is 0.493 e. The molecule has 0 saturated carbocycles. The Kier molecular flexibility index (Phi) is 5.27. The van der Waals surface area contributed by atoms with Crippen molar-refractivity contribution in [3.8, 4) is 17.2 Å². The van der Waals surface area contributed by atoms with Crippen LogP contribution >= 0.6 is 0 Å². The lowest BCUT2D eigenvalue weighted by Crippen LogP contribution is -2.06. The van der Waals surface area contributed by atoms with Crippen molar-refractivity contribution in [1.29, 1.82) is 0 Å². The SMILES string of the molecule is CO/N=C(/c1cc(OC)c(OC)c(OC)c1)c1ccc2ccccc2c1. The Bertz CT molecular complexity index is 925. The van der Waals surface area contributed by atoms with Gasteiger partial charge in [-0.05, 0) is 29.0 Å². The van der Waals surface area contributed by atoms with Gasteiger partial charge in [0.25, 0.3) is 0 Å². The summed E-state index contributed by atoms with van der Waals surface area (Å²) in [6.07, 6.45) is 0. The first-order valence-electron chi connectivity index (χ1n) is 8.12. The molecule has 3 rings (SSSR count). The Morgan fingerprint density at radius 1 is 0.692 bits per heavy atom. The number of rotatable bonds is 6. The molecule has 0 spiro atoms. The molecule has 0 saturated heterocycles. The Morgan fingerprint density at radius 2 is 1.35 bits per heavy atom. The molecule has 0 aromatic heterocycles. The Balaban J connectivity index is 2.17. The van der Waals surface area contributed by atoms with Crippen LogP contribution in [0.4, 0.5) is 0 Å². The highest BCUT2D eigenvalue weighted by Gasteiger charge is 2.18. The van der Waals surface area contributed by atoms with Gasteiger partial charge in [-0.2, -0.15) is 0 Å². The molecule has 0 aliphatic rings. The molecule has 0 atom stereocenters. The average molecular weight is 351 g/mol. The van der Waals surface area contributed by atoms with E-state index in [0.717, 1.165) is 21.9 Å². The number of fused-ring (bicyclic) bond motifs is 1. The lowest BCUT2D eigenvalue weighted by atomic mass is 9.98. The van der Waals surface area contributed by atoms with Crippen molar-refractivity contribution < 1.29 is 19.0 Å². The summed E-state index contributed by atoms with van der Waals surface area (Å²) in [7, 11) is 6.28. The van der Waals surface area contributed by atoms with Crippen LogP contribution in [0.25, 0.3) is 10.8 Å². The van der Waals surface area contributed by atoms with Gasteiger partial charge in [0, 0.05) is 11.1 Å². The van der Waals surface area contributed by atoms with Gasteiger partial charge in [0.15, 0.2) is 11.5 Å². The zero-order chi connectivity index (χ0) is 18.5. The first-order chi connectivity index (χ1) is 12.7. The summed E-state index contributed by atoms with van der Waals surface area (Å²) in [5.41, 5.74) is 2.41. The molecule has 0 heterocycles. The van der Waals surface area contributed by atoms with Crippen molar-refractivity contribution in [3.05, 3.63) is 65.7 Å². The van der Waals surface area contributed by atoms with Crippen molar-refractivity contribution in [2.45, 2.75) is 0 Å². The quantitative estimate of drug-likeness (QED) is 0.492. The number of hydrogen-bond acceptors (Lipinski definition) is 5.